The van der Waals surface area contributed by atoms with Gasteiger partial charge in [-0.15, -0.1) is 0 Å². The maximum Gasteiger partial charge on any atom is 0.200 e. The van der Waals surface area contributed by atoms with Crippen LogP contribution in [0.3, 0.4) is 0 Å². The molecule has 1 atom stereocenters. The number of aromatic nitrogens is 2. The fourth-order valence-corrected chi connectivity index (χ4v) is 4.58. The van der Waals surface area contributed by atoms with Gasteiger partial charge in [0.1, 0.15) is 5.82 Å². The van der Waals surface area contributed by atoms with Gasteiger partial charge in [0.05, 0.1) is 35.9 Å². The topological polar surface area (TPSA) is 68.9 Å². The summed E-state index contributed by atoms with van der Waals surface area (Å²) in [5, 5.41) is 15.6. The second-order valence-electron chi connectivity index (χ2n) is 6.62. The summed E-state index contributed by atoms with van der Waals surface area (Å²) >= 11 is 1.58. The van der Waals surface area contributed by atoms with Gasteiger partial charge in [-0.3, -0.25) is 0 Å². The van der Waals surface area contributed by atoms with E-state index in [4.69, 9.17) is 14.5 Å². The largest absolute Gasteiger partial charge is 0.502 e. The molecule has 1 N–H and O–H groups in total. The molecule has 0 spiro atoms. The van der Waals surface area contributed by atoms with E-state index in [1.807, 2.05) is 13.8 Å². The second kappa shape index (κ2) is 7.44. The maximum absolute atomic E-state index is 13.8. The Morgan fingerprint density at radius 1 is 1.10 bits per heavy atom. The molecular formula is C21H20FN3O3S. The molecule has 0 amide bonds. The first kappa shape index (κ1) is 19.3. The van der Waals surface area contributed by atoms with E-state index in [0.717, 1.165) is 21.9 Å². The average Bonchev–Trinajstić information content (AvgIpc) is 3.04. The lowest BCUT2D eigenvalue weighted by Crippen LogP contribution is -2.07. The lowest BCUT2D eigenvalue weighted by Gasteiger charge is -2.23. The van der Waals surface area contributed by atoms with Gasteiger partial charge < -0.3 is 14.6 Å². The molecule has 0 bridgehead atoms. The van der Waals surface area contributed by atoms with Gasteiger partial charge in [0.25, 0.3) is 0 Å². The molecular weight excluding hydrogens is 393 g/mol. The minimum Gasteiger partial charge on any atom is -0.502 e. The summed E-state index contributed by atoms with van der Waals surface area (Å²) in [6.07, 6.45) is 0. The molecule has 0 aliphatic carbocycles. The number of rotatable bonds is 4. The van der Waals surface area contributed by atoms with Crippen LogP contribution in [0.25, 0.3) is 5.69 Å². The molecule has 2 heterocycles. The number of phenols is 1. The van der Waals surface area contributed by atoms with E-state index in [-0.39, 0.29) is 16.8 Å². The number of nitrogens with zero attached hydrogens (tertiary/aromatic N) is 3. The summed E-state index contributed by atoms with van der Waals surface area (Å²) in [5.74, 6) is 0.950. The van der Waals surface area contributed by atoms with E-state index in [2.05, 4.69) is 5.10 Å². The Labute approximate surface area is 172 Å². The molecule has 0 saturated carbocycles. The number of hydrogen-bond donors (Lipinski definition) is 1. The van der Waals surface area contributed by atoms with E-state index >= 15 is 0 Å². The third-order valence-corrected chi connectivity index (χ3v) is 5.93. The number of thioether (sulfide) groups is 1. The predicted molar refractivity (Wildman–Crippen MR) is 112 cm³/mol. The third-order valence-electron chi connectivity index (χ3n) is 4.75. The number of phenolic OH excluding ortho intramolecular Hbond substituents is 1. The number of aliphatic imine (C=N–C) groups is 1. The van der Waals surface area contributed by atoms with Gasteiger partial charge in [0.2, 0.25) is 5.75 Å². The average molecular weight is 413 g/mol. The summed E-state index contributed by atoms with van der Waals surface area (Å²) in [4.78, 5) is 4.70. The molecule has 8 heteroatoms. The first-order valence-corrected chi connectivity index (χ1v) is 9.83. The van der Waals surface area contributed by atoms with E-state index in [0.29, 0.717) is 23.0 Å². The molecule has 29 heavy (non-hydrogen) atoms. The molecule has 6 nitrogen and oxygen atoms in total. The van der Waals surface area contributed by atoms with Gasteiger partial charge in [-0.25, -0.2) is 14.1 Å². The van der Waals surface area contributed by atoms with Crippen molar-refractivity contribution in [2.24, 2.45) is 4.99 Å². The van der Waals surface area contributed by atoms with Crippen LogP contribution < -0.4 is 9.47 Å². The Morgan fingerprint density at radius 3 is 2.41 bits per heavy atom. The molecule has 2 aromatic carbocycles. The van der Waals surface area contributed by atoms with Gasteiger partial charge in [-0.05, 0) is 49.7 Å². The van der Waals surface area contributed by atoms with Gasteiger partial charge in [-0.2, -0.15) is 5.10 Å². The number of hydrogen-bond acceptors (Lipinski definition) is 6. The smallest absolute Gasteiger partial charge is 0.200 e. The van der Waals surface area contributed by atoms with Gasteiger partial charge in [0, 0.05) is 5.56 Å². The molecule has 0 fully saturated rings. The monoisotopic (exact) mass is 413 g/mol. The minimum absolute atomic E-state index is 0.0441. The molecule has 0 saturated heterocycles. The lowest BCUT2D eigenvalue weighted by molar-refractivity contribution is 0.339. The SMILES string of the molecule is COc1cc(C2SC(C)=Nc3c2c(C)nn3-c2cccc(F)c2)cc(OC)c1O. The predicted octanol–water partition coefficient (Wildman–Crippen LogP) is 4.93. The van der Waals surface area contributed by atoms with Crippen molar-refractivity contribution in [1.29, 1.82) is 0 Å². The number of aromatic hydroxyl groups is 1. The van der Waals surface area contributed by atoms with Crippen molar-refractivity contribution in [3.8, 4) is 22.9 Å². The van der Waals surface area contributed by atoms with Crippen molar-refractivity contribution in [2.45, 2.75) is 19.1 Å². The molecule has 150 valence electrons. The number of ether oxygens (including phenoxy) is 2. The fourth-order valence-electron chi connectivity index (χ4n) is 3.43. The summed E-state index contributed by atoms with van der Waals surface area (Å²) in [5.41, 5.74) is 3.22. The Morgan fingerprint density at radius 2 is 1.79 bits per heavy atom. The molecule has 0 radical (unpaired) electrons. The van der Waals surface area contributed by atoms with Crippen molar-refractivity contribution < 1.29 is 19.0 Å². The van der Waals surface area contributed by atoms with Crippen LogP contribution in [0.5, 0.6) is 17.2 Å². The molecule has 3 aromatic rings. The summed E-state index contributed by atoms with van der Waals surface area (Å²) in [7, 11) is 3.00. The highest BCUT2D eigenvalue weighted by molar-refractivity contribution is 8.14. The molecule has 1 aliphatic rings. The van der Waals surface area contributed by atoms with Crippen LogP contribution in [0.1, 0.15) is 29.0 Å². The van der Waals surface area contributed by atoms with E-state index in [9.17, 15) is 9.50 Å². The van der Waals surface area contributed by atoms with Crippen molar-refractivity contribution in [3.63, 3.8) is 0 Å². The maximum atomic E-state index is 13.8. The normalized spacial score (nSPS) is 15.6. The number of methoxy groups -OCH3 is 2. The van der Waals surface area contributed by atoms with Crippen LogP contribution in [0.4, 0.5) is 10.2 Å². The van der Waals surface area contributed by atoms with Crippen molar-refractivity contribution in [1.82, 2.24) is 9.78 Å². The number of aryl methyl sites for hydroxylation is 1. The van der Waals surface area contributed by atoms with Crippen LogP contribution >= 0.6 is 11.8 Å². The number of halogens is 1. The highest BCUT2D eigenvalue weighted by Gasteiger charge is 2.31. The standard InChI is InChI=1S/C21H20FN3O3S/c1-11-18-20(13-8-16(27-3)19(26)17(9-13)28-4)29-12(2)23-21(18)25(24-11)15-7-5-6-14(22)10-15/h5-10,20,26H,1-4H3. The van der Waals surface area contributed by atoms with E-state index in [1.54, 1.807) is 40.7 Å². The summed E-state index contributed by atoms with van der Waals surface area (Å²) < 4.78 is 26.1. The Hall–Kier alpha value is -3.00. The molecule has 1 aliphatic heterocycles. The van der Waals surface area contributed by atoms with E-state index in [1.165, 1.54) is 26.4 Å². The van der Waals surface area contributed by atoms with Crippen LogP contribution in [-0.4, -0.2) is 34.2 Å². The van der Waals surface area contributed by atoms with Crippen LogP contribution in [-0.2, 0) is 0 Å². The minimum atomic E-state index is -0.333. The van der Waals surface area contributed by atoms with E-state index < -0.39 is 0 Å². The molecule has 4 rings (SSSR count). The lowest BCUT2D eigenvalue weighted by atomic mass is 10.0. The summed E-state index contributed by atoms with van der Waals surface area (Å²) in [6.45, 7) is 3.83. The highest BCUT2D eigenvalue weighted by Crippen LogP contribution is 2.50. The van der Waals surface area contributed by atoms with Crippen molar-refractivity contribution >= 4 is 22.6 Å². The highest BCUT2D eigenvalue weighted by atomic mass is 32.2. The Bertz CT molecular complexity index is 1100. The van der Waals surface area contributed by atoms with Gasteiger partial charge >= 0.3 is 0 Å². The quantitative estimate of drug-likeness (QED) is 0.657. The first-order chi connectivity index (χ1) is 13.9. The van der Waals surface area contributed by atoms with Crippen LogP contribution in [0, 0.1) is 12.7 Å². The van der Waals surface area contributed by atoms with Gasteiger partial charge in [0.15, 0.2) is 17.3 Å². The summed E-state index contributed by atoms with van der Waals surface area (Å²) in [6, 6.07) is 9.85. The zero-order chi connectivity index (χ0) is 20.7. The number of fused-ring (bicyclic) bond motifs is 1. The van der Waals surface area contributed by atoms with Crippen LogP contribution in [0.2, 0.25) is 0 Å². The zero-order valence-corrected chi connectivity index (χ0v) is 17.2. The third kappa shape index (κ3) is 3.33. The number of benzene rings is 2. The fraction of sp³-hybridized carbons (Fsp3) is 0.238. The Balaban J connectivity index is 1.90. The molecule has 1 unspecified atom stereocenters. The Kier molecular flexibility index (Phi) is 4.96. The van der Waals surface area contributed by atoms with Gasteiger partial charge in [-0.1, -0.05) is 17.8 Å². The zero-order valence-electron chi connectivity index (χ0n) is 16.4. The van der Waals surface area contributed by atoms with Crippen molar-refractivity contribution in [3.05, 3.63) is 59.0 Å². The first-order valence-electron chi connectivity index (χ1n) is 8.95. The second-order valence-corrected chi connectivity index (χ2v) is 7.92. The molecule has 1 aromatic heterocycles. The van der Waals surface area contributed by atoms with Crippen LogP contribution in [0.15, 0.2) is 41.4 Å². The van der Waals surface area contributed by atoms with Crippen molar-refractivity contribution in [2.75, 3.05) is 14.2 Å².